The molecule has 134 valence electrons. The number of hydrogen-bond acceptors (Lipinski definition) is 4. The minimum absolute atomic E-state index is 0.321. The van der Waals surface area contributed by atoms with Crippen LogP contribution < -0.4 is 14.9 Å². The summed E-state index contributed by atoms with van der Waals surface area (Å²) < 4.78 is 11.3. The Kier molecular flexibility index (Phi) is 4.48. The third-order valence-corrected chi connectivity index (χ3v) is 4.87. The van der Waals surface area contributed by atoms with Crippen LogP contribution in [0.25, 0.3) is 32.7 Å². The van der Waals surface area contributed by atoms with Crippen molar-refractivity contribution >= 4 is 34.1 Å². The van der Waals surface area contributed by atoms with Crippen molar-refractivity contribution in [2.24, 2.45) is 0 Å². The first-order chi connectivity index (χ1) is 13.2. The maximum absolute atomic E-state index is 9.95. The van der Waals surface area contributed by atoms with Crippen molar-refractivity contribution in [3.8, 4) is 22.6 Å². The average molecular weight is 358 g/mol. The third kappa shape index (κ3) is 2.81. The first-order valence-corrected chi connectivity index (χ1v) is 8.67. The molecular weight excluding hydrogens is 339 g/mol. The average Bonchev–Trinajstić information content (AvgIpc) is 2.71. The summed E-state index contributed by atoms with van der Waals surface area (Å²) in [6.45, 7) is 0. The lowest BCUT2D eigenvalue weighted by Gasteiger charge is -2.20. The lowest BCUT2D eigenvalue weighted by molar-refractivity contribution is 0.403. The van der Waals surface area contributed by atoms with E-state index in [0.29, 0.717) is 17.0 Å². The van der Waals surface area contributed by atoms with E-state index in [1.807, 2.05) is 60.7 Å². The zero-order valence-electron chi connectivity index (χ0n) is 15.1. The van der Waals surface area contributed by atoms with Crippen molar-refractivity contribution in [1.29, 1.82) is 0 Å². The second-order valence-corrected chi connectivity index (χ2v) is 6.33. The number of rotatable bonds is 4. The normalized spacial score (nSPS) is 11.0. The molecule has 0 aromatic heterocycles. The number of methoxy groups -OCH3 is 2. The van der Waals surface area contributed by atoms with Gasteiger partial charge in [0, 0.05) is 16.6 Å². The largest absolute Gasteiger partial charge is 0.496 e. The fourth-order valence-corrected chi connectivity index (χ4v) is 3.69. The summed E-state index contributed by atoms with van der Waals surface area (Å²) in [6, 6.07) is 21.5. The SMILES string of the molecule is COc1ccc2ccccc2c1-c1c(OC)c(B(O)O)cc2ccccc12. The molecule has 27 heavy (non-hydrogen) atoms. The summed E-state index contributed by atoms with van der Waals surface area (Å²) >= 11 is 0. The fourth-order valence-electron chi connectivity index (χ4n) is 3.69. The summed E-state index contributed by atoms with van der Waals surface area (Å²) in [5.74, 6) is 1.13. The van der Waals surface area contributed by atoms with Crippen LogP contribution >= 0.6 is 0 Å². The molecule has 0 saturated carbocycles. The molecule has 0 fully saturated rings. The molecule has 0 amide bonds. The number of hydrogen-bond donors (Lipinski definition) is 2. The molecule has 0 aliphatic carbocycles. The molecule has 4 aromatic rings. The summed E-state index contributed by atoms with van der Waals surface area (Å²) in [7, 11) is 1.52. The summed E-state index contributed by atoms with van der Waals surface area (Å²) in [5.41, 5.74) is 1.97. The van der Waals surface area contributed by atoms with Gasteiger partial charge in [-0.2, -0.15) is 0 Å². The van der Waals surface area contributed by atoms with Crippen LogP contribution in [0, 0.1) is 0 Å². The molecule has 0 saturated heterocycles. The molecule has 5 heteroatoms. The predicted octanol–water partition coefficient (Wildman–Crippen LogP) is 3.36. The zero-order valence-corrected chi connectivity index (χ0v) is 15.1. The Morgan fingerprint density at radius 3 is 1.96 bits per heavy atom. The smallest absolute Gasteiger partial charge is 0.492 e. The van der Waals surface area contributed by atoms with Crippen LogP contribution in [-0.2, 0) is 0 Å². The molecule has 0 radical (unpaired) electrons. The highest BCUT2D eigenvalue weighted by Crippen LogP contribution is 2.44. The van der Waals surface area contributed by atoms with Gasteiger partial charge in [-0.1, -0.05) is 60.7 Å². The number of ether oxygens (including phenoxy) is 2. The number of benzene rings is 4. The molecule has 4 rings (SSSR count). The van der Waals surface area contributed by atoms with Crippen molar-refractivity contribution in [2.45, 2.75) is 0 Å². The van der Waals surface area contributed by atoms with E-state index in [1.165, 1.54) is 7.11 Å². The lowest BCUT2D eigenvalue weighted by atomic mass is 9.76. The minimum atomic E-state index is -1.65. The van der Waals surface area contributed by atoms with Crippen LogP contribution in [0.5, 0.6) is 11.5 Å². The van der Waals surface area contributed by atoms with E-state index in [9.17, 15) is 10.0 Å². The van der Waals surface area contributed by atoms with E-state index >= 15 is 0 Å². The molecule has 0 aliphatic heterocycles. The number of fused-ring (bicyclic) bond motifs is 2. The lowest BCUT2D eigenvalue weighted by Crippen LogP contribution is -2.31. The molecule has 0 bridgehead atoms. The van der Waals surface area contributed by atoms with E-state index in [2.05, 4.69) is 0 Å². The topological polar surface area (TPSA) is 58.9 Å². The Morgan fingerprint density at radius 2 is 1.33 bits per heavy atom. The molecule has 0 spiro atoms. The standard InChI is InChI=1S/C22H19BO4/c1-26-19-12-11-14-7-3-5-9-16(14)20(19)21-17-10-6-4-8-15(17)13-18(23(24)25)22(21)27-2/h3-13,24-25H,1-2H3. The quantitative estimate of drug-likeness (QED) is 0.550. The highest BCUT2D eigenvalue weighted by Gasteiger charge is 2.25. The first-order valence-electron chi connectivity index (χ1n) is 8.67. The van der Waals surface area contributed by atoms with Crippen molar-refractivity contribution in [3.63, 3.8) is 0 Å². The molecule has 0 aliphatic rings. The van der Waals surface area contributed by atoms with E-state index in [1.54, 1.807) is 13.2 Å². The second-order valence-electron chi connectivity index (χ2n) is 6.33. The van der Waals surface area contributed by atoms with Crippen molar-refractivity contribution in [2.75, 3.05) is 14.2 Å². The van der Waals surface area contributed by atoms with Crippen molar-refractivity contribution in [1.82, 2.24) is 0 Å². The summed E-state index contributed by atoms with van der Waals surface area (Å²) in [4.78, 5) is 0. The summed E-state index contributed by atoms with van der Waals surface area (Å²) in [5, 5.41) is 23.8. The molecular formula is C22H19BO4. The van der Waals surface area contributed by atoms with Gasteiger partial charge < -0.3 is 19.5 Å². The van der Waals surface area contributed by atoms with Gasteiger partial charge in [-0.15, -0.1) is 0 Å². The van der Waals surface area contributed by atoms with Crippen LogP contribution in [0.1, 0.15) is 0 Å². The van der Waals surface area contributed by atoms with Gasteiger partial charge in [0.1, 0.15) is 11.5 Å². The molecule has 2 N–H and O–H groups in total. The van der Waals surface area contributed by atoms with Crippen LogP contribution in [-0.4, -0.2) is 31.4 Å². The van der Waals surface area contributed by atoms with Crippen LogP contribution in [0.4, 0.5) is 0 Å². The van der Waals surface area contributed by atoms with Gasteiger partial charge in [0.05, 0.1) is 14.2 Å². The van der Waals surface area contributed by atoms with Crippen LogP contribution in [0.2, 0.25) is 0 Å². The van der Waals surface area contributed by atoms with Gasteiger partial charge in [0.2, 0.25) is 0 Å². The Balaban J connectivity index is 2.24. The van der Waals surface area contributed by atoms with Gasteiger partial charge in [-0.3, -0.25) is 0 Å². The zero-order chi connectivity index (χ0) is 19.0. The first kappa shape index (κ1) is 17.4. The Hall–Kier alpha value is -3.02. The van der Waals surface area contributed by atoms with E-state index in [0.717, 1.165) is 32.7 Å². The van der Waals surface area contributed by atoms with Gasteiger partial charge >= 0.3 is 7.12 Å². The highest BCUT2D eigenvalue weighted by atomic mass is 16.5. The van der Waals surface area contributed by atoms with Gasteiger partial charge in [-0.05, 0) is 27.6 Å². The fraction of sp³-hybridized carbons (Fsp3) is 0.0909. The Bertz CT molecular complexity index is 1140. The van der Waals surface area contributed by atoms with Gasteiger partial charge in [0.25, 0.3) is 0 Å². The van der Waals surface area contributed by atoms with Gasteiger partial charge in [0.15, 0.2) is 0 Å². The van der Waals surface area contributed by atoms with E-state index in [4.69, 9.17) is 9.47 Å². The second kappa shape index (κ2) is 6.95. The molecule has 4 aromatic carbocycles. The van der Waals surface area contributed by atoms with Gasteiger partial charge in [-0.25, -0.2) is 0 Å². The van der Waals surface area contributed by atoms with E-state index < -0.39 is 7.12 Å². The van der Waals surface area contributed by atoms with E-state index in [-0.39, 0.29) is 0 Å². The maximum Gasteiger partial charge on any atom is 0.492 e. The van der Waals surface area contributed by atoms with Crippen LogP contribution in [0.15, 0.2) is 66.7 Å². The predicted molar refractivity (Wildman–Crippen MR) is 110 cm³/mol. The molecule has 0 atom stereocenters. The molecule has 4 nitrogen and oxygen atoms in total. The maximum atomic E-state index is 9.95. The Morgan fingerprint density at radius 1 is 0.704 bits per heavy atom. The highest BCUT2D eigenvalue weighted by molar-refractivity contribution is 6.60. The molecule has 0 unspecified atom stereocenters. The Labute approximate surface area is 157 Å². The summed E-state index contributed by atoms with van der Waals surface area (Å²) in [6.07, 6.45) is 0. The van der Waals surface area contributed by atoms with Crippen molar-refractivity contribution in [3.05, 3.63) is 66.7 Å². The minimum Gasteiger partial charge on any atom is -0.496 e. The van der Waals surface area contributed by atoms with Crippen LogP contribution in [0.3, 0.4) is 0 Å². The molecule has 0 heterocycles. The third-order valence-electron chi connectivity index (χ3n) is 4.87. The van der Waals surface area contributed by atoms with Crippen molar-refractivity contribution < 1.29 is 19.5 Å². The monoisotopic (exact) mass is 358 g/mol.